The van der Waals surface area contributed by atoms with Crippen LogP contribution in [0.15, 0.2) is 27.6 Å². The topological polar surface area (TPSA) is 83.5 Å². The normalized spacial score (nSPS) is 13.4. The maximum Gasteiger partial charge on any atom is 0.321 e. The van der Waals surface area contributed by atoms with Gasteiger partial charge in [-0.2, -0.15) is 4.72 Å². The van der Waals surface area contributed by atoms with Crippen LogP contribution in [0.4, 0.5) is 0 Å². The number of sulfonamides is 1. The van der Waals surface area contributed by atoms with Crippen LogP contribution in [-0.4, -0.2) is 25.5 Å². The molecule has 0 bridgehead atoms. The van der Waals surface area contributed by atoms with E-state index >= 15 is 0 Å². The summed E-state index contributed by atoms with van der Waals surface area (Å²) in [6.45, 7) is 2.91. The first kappa shape index (κ1) is 14.1. The maximum absolute atomic E-state index is 11.9. The van der Waals surface area contributed by atoms with Crippen molar-refractivity contribution in [1.29, 1.82) is 0 Å². The number of aliphatic carboxylic acids is 1. The van der Waals surface area contributed by atoms with Crippen LogP contribution in [0, 0.1) is 6.92 Å². The lowest BCUT2D eigenvalue weighted by atomic mass is 10.2. The van der Waals surface area contributed by atoms with Crippen LogP contribution in [0.5, 0.6) is 0 Å². The van der Waals surface area contributed by atoms with Gasteiger partial charge >= 0.3 is 5.97 Å². The summed E-state index contributed by atoms with van der Waals surface area (Å²) in [5.41, 5.74) is 0.539. The summed E-state index contributed by atoms with van der Waals surface area (Å²) in [5.74, 6) is -1.22. The van der Waals surface area contributed by atoms with Crippen molar-refractivity contribution in [3.05, 3.63) is 28.2 Å². The number of carboxylic acids is 1. The lowest BCUT2D eigenvalue weighted by Gasteiger charge is -2.12. The van der Waals surface area contributed by atoms with Crippen molar-refractivity contribution < 1.29 is 18.3 Å². The van der Waals surface area contributed by atoms with E-state index in [0.717, 1.165) is 0 Å². The SMILES string of the molecule is Cc1c(Br)cccc1S(=O)(=O)N[C@H](C)C(=O)O. The standard InChI is InChI=1S/C10H12BrNO4S/c1-6-8(11)4-3-5-9(6)17(15,16)12-7(2)10(13)14/h3-5,7,12H,1-2H3,(H,13,14)/t7-/m1/s1. The molecule has 7 heteroatoms. The molecule has 17 heavy (non-hydrogen) atoms. The molecule has 5 nitrogen and oxygen atoms in total. The average molecular weight is 322 g/mol. The largest absolute Gasteiger partial charge is 0.480 e. The second-order valence-corrected chi connectivity index (χ2v) is 6.08. The van der Waals surface area contributed by atoms with Crippen molar-refractivity contribution in [3.8, 4) is 0 Å². The van der Waals surface area contributed by atoms with Crippen molar-refractivity contribution in [2.24, 2.45) is 0 Å². The molecule has 1 atom stereocenters. The number of carbonyl (C=O) groups is 1. The zero-order valence-corrected chi connectivity index (χ0v) is 11.7. The molecule has 2 N–H and O–H groups in total. The Morgan fingerprint density at radius 3 is 2.59 bits per heavy atom. The molecule has 0 aliphatic heterocycles. The molecule has 0 saturated heterocycles. The first-order chi connectivity index (χ1) is 7.75. The van der Waals surface area contributed by atoms with E-state index in [1.807, 2.05) is 0 Å². The van der Waals surface area contributed by atoms with Crippen molar-refractivity contribution in [3.63, 3.8) is 0 Å². The molecule has 0 aliphatic carbocycles. The Morgan fingerprint density at radius 1 is 1.47 bits per heavy atom. The Kier molecular flexibility index (Phi) is 4.29. The molecule has 0 heterocycles. The first-order valence-corrected chi connectivity index (χ1v) is 7.03. The summed E-state index contributed by atoms with van der Waals surface area (Å²) >= 11 is 3.23. The van der Waals surface area contributed by atoms with Crippen molar-refractivity contribution in [2.75, 3.05) is 0 Å². The number of nitrogens with one attached hydrogen (secondary N) is 1. The van der Waals surface area contributed by atoms with Crippen LogP contribution < -0.4 is 4.72 Å². The number of rotatable bonds is 4. The average Bonchev–Trinajstić information content (AvgIpc) is 2.21. The fourth-order valence-corrected chi connectivity index (χ4v) is 3.19. The maximum atomic E-state index is 11.9. The van der Waals surface area contributed by atoms with Crippen molar-refractivity contribution >= 4 is 31.9 Å². The molecule has 0 spiro atoms. The summed E-state index contributed by atoms with van der Waals surface area (Å²) in [7, 11) is -3.82. The Bertz CT molecular complexity index is 541. The molecule has 0 aliphatic rings. The van der Waals surface area contributed by atoms with E-state index in [4.69, 9.17) is 5.11 Å². The number of hydrogen-bond acceptors (Lipinski definition) is 3. The molecule has 1 aromatic carbocycles. The second kappa shape index (κ2) is 5.16. The molecule has 1 aromatic rings. The molecule has 0 fully saturated rings. The zero-order valence-electron chi connectivity index (χ0n) is 9.27. The molecular formula is C10H12BrNO4S. The van der Waals surface area contributed by atoms with Crippen LogP contribution in [0.25, 0.3) is 0 Å². The van der Waals surface area contributed by atoms with Gasteiger partial charge in [-0.15, -0.1) is 0 Å². The number of benzene rings is 1. The van der Waals surface area contributed by atoms with Gasteiger partial charge in [-0.05, 0) is 31.5 Å². The van der Waals surface area contributed by atoms with Gasteiger partial charge in [0.15, 0.2) is 0 Å². The van der Waals surface area contributed by atoms with Gasteiger partial charge in [0.05, 0.1) is 4.90 Å². The van der Waals surface area contributed by atoms with Crippen LogP contribution in [0.3, 0.4) is 0 Å². The van der Waals surface area contributed by atoms with E-state index in [0.29, 0.717) is 10.0 Å². The number of hydrogen-bond donors (Lipinski definition) is 2. The molecule has 1 rings (SSSR count). The Labute approximate surface area is 108 Å². The second-order valence-electron chi connectivity index (χ2n) is 3.54. The first-order valence-electron chi connectivity index (χ1n) is 4.76. The monoisotopic (exact) mass is 321 g/mol. The molecule has 0 aromatic heterocycles. The summed E-state index contributed by atoms with van der Waals surface area (Å²) in [6.07, 6.45) is 0. The molecular weight excluding hydrogens is 310 g/mol. The quantitative estimate of drug-likeness (QED) is 0.880. The van der Waals surface area contributed by atoms with E-state index in [9.17, 15) is 13.2 Å². The van der Waals surface area contributed by atoms with E-state index < -0.39 is 22.0 Å². The predicted octanol–water partition coefficient (Wildman–Crippen LogP) is 1.51. The van der Waals surface area contributed by atoms with E-state index in [1.165, 1.54) is 13.0 Å². The van der Waals surface area contributed by atoms with Gasteiger partial charge < -0.3 is 5.11 Å². The molecule has 0 unspecified atom stereocenters. The summed E-state index contributed by atoms with van der Waals surface area (Å²) in [4.78, 5) is 10.7. The highest BCUT2D eigenvalue weighted by atomic mass is 79.9. The highest BCUT2D eigenvalue weighted by Gasteiger charge is 2.23. The summed E-state index contributed by atoms with van der Waals surface area (Å²) < 4.78 is 26.6. The van der Waals surface area contributed by atoms with Gasteiger partial charge in [-0.25, -0.2) is 8.42 Å². The smallest absolute Gasteiger partial charge is 0.321 e. The summed E-state index contributed by atoms with van der Waals surface area (Å²) in [6, 6.07) is 3.56. The van der Waals surface area contributed by atoms with Crippen LogP contribution in [0.1, 0.15) is 12.5 Å². The Balaban J connectivity index is 3.14. The third-order valence-electron chi connectivity index (χ3n) is 2.21. The van der Waals surface area contributed by atoms with E-state index in [2.05, 4.69) is 20.7 Å². The van der Waals surface area contributed by atoms with E-state index in [-0.39, 0.29) is 4.90 Å². The van der Waals surface area contributed by atoms with Crippen LogP contribution >= 0.6 is 15.9 Å². The van der Waals surface area contributed by atoms with Gasteiger partial charge in [0, 0.05) is 4.47 Å². The van der Waals surface area contributed by atoms with Crippen LogP contribution in [-0.2, 0) is 14.8 Å². The van der Waals surface area contributed by atoms with Crippen molar-refractivity contribution in [1.82, 2.24) is 4.72 Å². The Morgan fingerprint density at radius 2 is 2.06 bits per heavy atom. The van der Waals surface area contributed by atoms with Gasteiger partial charge in [-0.1, -0.05) is 22.0 Å². The fourth-order valence-electron chi connectivity index (χ4n) is 1.23. The minimum atomic E-state index is -3.82. The number of carboxylic acid groups (broad SMARTS) is 1. The molecule has 0 radical (unpaired) electrons. The Hall–Kier alpha value is -0.920. The third-order valence-corrected chi connectivity index (χ3v) is 4.75. The van der Waals surface area contributed by atoms with Crippen LogP contribution in [0.2, 0.25) is 0 Å². The van der Waals surface area contributed by atoms with Gasteiger partial charge in [-0.3, -0.25) is 4.79 Å². The van der Waals surface area contributed by atoms with Gasteiger partial charge in [0.1, 0.15) is 6.04 Å². The lowest BCUT2D eigenvalue weighted by Crippen LogP contribution is -2.38. The third kappa shape index (κ3) is 3.27. The van der Waals surface area contributed by atoms with Gasteiger partial charge in [0.25, 0.3) is 0 Å². The van der Waals surface area contributed by atoms with Crippen molar-refractivity contribution in [2.45, 2.75) is 24.8 Å². The number of halogens is 1. The minimum absolute atomic E-state index is 0.0694. The van der Waals surface area contributed by atoms with E-state index in [1.54, 1.807) is 19.1 Å². The molecule has 0 saturated carbocycles. The predicted molar refractivity (Wildman–Crippen MR) is 66.3 cm³/mol. The molecule has 0 amide bonds. The lowest BCUT2D eigenvalue weighted by molar-refractivity contribution is -0.138. The highest BCUT2D eigenvalue weighted by molar-refractivity contribution is 9.10. The molecule has 94 valence electrons. The zero-order chi connectivity index (χ0) is 13.2. The summed E-state index contributed by atoms with van der Waals surface area (Å²) in [5, 5.41) is 8.68. The van der Waals surface area contributed by atoms with Gasteiger partial charge in [0.2, 0.25) is 10.0 Å². The fraction of sp³-hybridized carbons (Fsp3) is 0.300. The minimum Gasteiger partial charge on any atom is -0.480 e. The highest BCUT2D eigenvalue weighted by Crippen LogP contribution is 2.23.